The molecule has 3 aliphatic heterocycles. The van der Waals surface area contributed by atoms with Gasteiger partial charge in [-0.1, -0.05) is 34.6 Å². The van der Waals surface area contributed by atoms with Gasteiger partial charge in [0.25, 0.3) is 0 Å². The zero-order chi connectivity index (χ0) is 31.5. The minimum atomic E-state index is -0.950. The predicted octanol–water partition coefficient (Wildman–Crippen LogP) is 4.45. The van der Waals surface area contributed by atoms with Crippen molar-refractivity contribution in [3.63, 3.8) is 0 Å². The Balaban J connectivity index is 1.29. The van der Waals surface area contributed by atoms with Crippen LogP contribution in [0.1, 0.15) is 83.4 Å². The molecule has 0 bridgehead atoms. The second kappa shape index (κ2) is 12.9. The number of nitrogens with one attached hydrogen (secondary N) is 1. The van der Waals surface area contributed by atoms with Crippen molar-refractivity contribution in [3.8, 4) is 11.5 Å². The number of benzene rings is 1. The molecule has 0 saturated carbocycles. The van der Waals surface area contributed by atoms with E-state index in [-0.39, 0.29) is 24.7 Å². The number of carbonyl (C=O) groups is 4. The highest BCUT2D eigenvalue weighted by atomic mass is 16.7. The summed E-state index contributed by atoms with van der Waals surface area (Å²) >= 11 is 0. The van der Waals surface area contributed by atoms with E-state index in [1.165, 1.54) is 16.9 Å². The highest BCUT2D eigenvalue weighted by molar-refractivity contribution is 5.90. The Morgan fingerprint density at radius 3 is 2.53 bits per heavy atom. The van der Waals surface area contributed by atoms with E-state index in [9.17, 15) is 24.3 Å². The van der Waals surface area contributed by atoms with Crippen LogP contribution in [0.3, 0.4) is 0 Å². The van der Waals surface area contributed by atoms with E-state index >= 15 is 0 Å². The number of nitrogens with zero attached hydrogens (tertiary/aromatic N) is 2. The number of fused-ring (bicyclic) bond motifs is 2. The lowest BCUT2D eigenvalue weighted by Gasteiger charge is -2.34. The number of esters is 1. The lowest BCUT2D eigenvalue weighted by Crippen LogP contribution is -2.56. The first-order chi connectivity index (χ1) is 20.2. The van der Waals surface area contributed by atoms with Crippen LogP contribution >= 0.6 is 0 Å². The van der Waals surface area contributed by atoms with Crippen LogP contribution in [-0.4, -0.2) is 78.1 Å². The van der Waals surface area contributed by atoms with Crippen LogP contribution in [0.2, 0.25) is 0 Å². The summed E-state index contributed by atoms with van der Waals surface area (Å²) < 4.78 is 21.8. The Morgan fingerprint density at radius 1 is 1.12 bits per heavy atom. The standard InChI is InChI=1S/C31H45N3O9/c1-30(2,3)25(26(35)34-13-8-10-22(34)27(36)40-6)32-28(37)41-14-12-31(4,5)11-7-9-20-21-17-33(29(38)39)16-19(21)15-23-24(20)43-18-42-23/h15,22,25H,7-14,16-18H2,1-6H3,(H,32,37)(H,38,39). The molecule has 1 saturated heterocycles. The smallest absolute Gasteiger partial charge is 0.407 e. The van der Waals surface area contributed by atoms with Crippen molar-refractivity contribution < 1.29 is 43.2 Å². The van der Waals surface area contributed by atoms with Crippen molar-refractivity contribution in [1.82, 2.24) is 15.1 Å². The Labute approximate surface area is 253 Å². The van der Waals surface area contributed by atoms with Crippen molar-refractivity contribution in [2.75, 3.05) is 27.1 Å². The number of carbonyl (C=O) groups excluding carboxylic acids is 3. The molecule has 43 heavy (non-hydrogen) atoms. The monoisotopic (exact) mass is 603 g/mol. The molecule has 12 nitrogen and oxygen atoms in total. The summed E-state index contributed by atoms with van der Waals surface area (Å²) in [6.45, 7) is 11.2. The van der Waals surface area contributed by atoms with E-state index in [1.807, 2.05) is 26.8 Å². The highest BCUT2D eigenvalue weighted by Gasteiger charge is 2.42. The zero-order valence-corrected chi connectivity index (χ0v) is 26.1. The number of methoxy groups -OCH3 is 1. The zero-order valence-electron chi connectivity index (χ0n) is 26.1. The quantitative estimate of drug-likeness (QED) is 0.371. The fraction of sp³-hybridized carbons (Fsp3) is 0.677. The van der Waals surface area contributed by atoms with Crippen LogP contribution in [0.25, 0.3) is 0 Å². The number of hydrogen-bond donors (Lipinski definition) is 2. The molecular weight excluding hydrogens is 558 g/mol. The third-order valence-electron chi connectivity index (χ3n) is 8.63. The molecule has 0 radical (unpaired) electrons. The number of likely N-dealkylation sites (tertiary alicyclic amines) is 1. The lowest BCUT2D eigenvalue weighted by atomic mass is 9.83. The largest absolute Gasteiger partial charge is 0.467 e. The number of ether oxygens (including phenoxy) is 4. The molecule has 0 spiro atoms. The molecule has 0 aliphatic carbocycles. The van der Waals surface area contributed by atoms with Crippen molar-refractivity contribution in [2.45, 2.75) is 98.3 Å². The Morgan fingerprint density at radius 2 is 1.86 bits per heavy atom. The average molecular weight is 604 g/mol. The van der Waals surface area contributed by atoms with E-state index in [2.05, 4.69) is 19.2 Å². The van der Waals surface area contributed by atoms with Gasteiger partial charge in [0, 0.05) is 18.7 Å². The molecule has 1 aromatic carbocycles. The van der Waals surface area contributed by atoms with Gasteiger partial charge < -0.3 is 34.3 Å². The third kappa shape index (κ3) is 7.45. The lowest BCUT2D eigenvalue weighted by molar-refractivity contribution is -0.152. The topological polar surface area (TPSA) is 144 Å². The first-order valence-electron chi connectivity index (χ1n) is 14.9. The fourth-order valence-corrected chi connectivity index (χ4v) is 6.07. The Hall–Kier alpha value is -3.70. The molecule has 2 N–H and O–H groups in total. The molecule has 238 valence electrons. The van der Waals surface area contributed by atoms with Gasteiger partial charge in [0.05, 0.1) is 20.3 Å². The van der Waals surface area contributed by atoms with Gasteiger partial charge in [-0.05, 0) is 66.5 Å². The van der Waals surface area contributed by atoms with Crippen LogP contribution in [0.15, 0.2) is 6.07 Å². The molecule has 12 heteroatoms. The van der Waals surface area contributed by atoms with E-state index in [0.717, 1.165) is 29.5 Å². The third-order valence-corrected chi connectivity index (χ3v) is 8.63. The highest BCUT2D eigenvalue weighted by Crippen LogP contribution is 2.43. The summed E-state index contributed by atoms with van der Waals surface area (Å²) in [7, 11) is 1.30. The summed E-state index contributed by atoms with van der Waals surface area (Å²) in [5, 5.41) is 12.2. The summed E-state index contributed by atoms with van der Waals surface area (Å²) in [5.41, 5.74) is 2.21. The average Bonchev–Trinajstić information content (AvgIpc) is 3.69. The first kappa shape index (κ1) is 32.2. The number of carboxylic acid groups (broad SMARTS) is 1. The molecule has 3 heterocycles. The molecule has 1 fully saturated rings. The molecule has 4 rings (SSSR count). The maximum absolute atomic E-state index is 13.4. The number of hydrogen-bond acceptors (Lipinski definition) is 8. The maximum atomic E-state index is 13.4. The van der Waals surface area contributed by atoms with E-state index < -0.39 is 35.7 Å². The number of rotatable bonds is 10. The van der Waals surface area contributed by atoms with Crippen molar-refractivity contribution in [2.24, 2.45) is 10.8 Å². The second-order valence-corrected chi connectivity index (χ2v) is 13.4. The van der Waals surface area contributed by atoms with E-state index in [4.69, 9.17) is 18.9 Å². The Kier molecular flexibility index (Phi) is 9.66. The van der Waals surface area contributed by atoms with Gasteiger partial charge in [0.1, 0.15) is 12.1 Å². The van der Waals surface area contributed by atoms with Crippen LogP contribution < -0.4 is 14.8 Å². The molecule has 3 aliphatic rings. The first-order valence-corrected chi connectivity index (χ1v) is 14.9. The number of alkyl carbamates (subject to hydrolysis) is 1. The summed E-state index contributed by atoms with van der Waals surface area (Å²) in [5.74, 6) is 0.598. The van der Waals surface area contributed by atoms with Crippen molar-refractivity contribution >= 4 is 24.1 Å². The second-order valence-electron chi connectivity index (χ2n) is 13.4. The van der Waals surface area contributed by atoms with Gasteiger partial charge >= 0.3 is 18.2 Å². The molecule has 0 aromatic heterocycles. The van der Waals surface area contributed by atoms with Crippen LogP contribution in [0, 0.1) is 10.8 Å². The summed E-state index contributed by atoms with van der Waals surface area (Å²) in [6, 6.07) is 0.376. The van der Waals surface area contributed by atoms with Crippen molar-refractivity contribution in [3.05, 3.63) is 22.8 Å². The van der Waals surface area contributed by atoms with E-state index in [0.29, 0.717) is 56.8 Å². The molecule has 3 amide bonds. The normalized spacial score (nSPS) is 18.3. The van der Waals surface area contributed by atoms with Crippen LogP contribution in [0.5, 0.6) is 11.5 Å². The van der Waals surface area contributed by atoms with Gasteiger partial charge in [0.2, 0.25) is 12.7 Å². The SMILES string of the molecule is COC(=O)C1CCCN1C(=O)C(NC(=O)OCCC(C)(C)CCCc1c2c(cc3c1OCO3)CN(C(=O)O)C2)C(C)(C)C. The van der Waals surface area contributed by atoms with Gasteiger partial charge in [-0.3, -0.25) is 9.69 Å². The van der Waals surface area contributed by atoms with Gasteiger partial charge in [-0.2, -0.15) is 0 Å². The maximum Gasteiger partial charge on any atom is 0.407 e. The Bertz CT molecular complexity index is 1240. The minimum absolute atomic E-state index is 0.144. The molecule has 2 unspecified atom stereocenters. The van der Waals surface area contributed by atoms with Crippen LogP contribution in [-0.2, 0) is 38.6 Å². The van der Waals surface area contributed by atoms with Gasteiger partial charge in [-0.25, -0.2) is 14.4 Å². The fourth-order valence-electron chi connectivity index (χ4n) is 6.07. The van der Waals surface area contributed by atoms with E-state index in [1.54, 1.807) is 0 Å². The number of amides is 3. The predicted molar refractivity (Wildman–Crippen MR) is 156 cm³/mol. The minimum Gasteiger partial charge on any atom is -0.467 e. The van der Waals surface area contributed by atoms with Gasteiger partial charge in [-0.15, -0.1) is 0 Å². The summed E-state index contributed by atoms with van der Waals surface area (Å²) in [6.07, 6.45) is 2.60. The molecular formula is C31H45N3O9. The van der Waals surface area contributed by atoms with Gasteiger partial charge in [0.15, 0.2) is 11.5 Å². The van der Waals surface area contributed by atoms with Crippen LogP contribution in [0.4, 0.5) is 9.59 Å². The van der Waals surface area contributed by atoms with Crippen molar-refractivity contribution in [1.29, 1.82) is 0 Å². The molecule has 1 aromatic rings. The summed E-state index contributed by atoms with van der Waals surface area (Å²) in [4.78, 5) is 52.9. The molecule has 2 atom stereocenters.